The second-order valence-corrected chi connectivity index (χ2v) is 6.42. The molecule has 1 unspecified atom stereocenters. The molecular weight excluding hydrogens is 344 g/mol. The lowest BCUT2D eigenvalue weighted by atomic mass is 10.1. The fraction of sp³-hybridized carbons (Fsp3) is 0.619. The summed E-state index contributed by atoms with van der Waals surface area (Å²) in [5.41, 5.74) is 1.17. The van der Waals surface area contributed by atoms with Crippen molar-refractivity contribution < 1.29 is 19.1 Å². The van der Waals surface area contributed by atoms with Crippen LogP contribution in [0.2, 0.25) is 0 Å². The first-order chi connectivity index (χ1) is 13.0. The van der Waals surface area contributed by atoms with Crippen molar-refractivity contribution in [3.8, 4) is 0 Å². The summed E-state index contributed by atoms with van der Waals surface area (Å²) in [6.45, 7) is 12.0. The molecule has 0 heterocycles. The van der Waals surface area contributed by atoms with Crippen molar-refractivity contribution in [2.45, 2.75) is 34.1 Å². The molecule has 0 aliphatic rings. The van der Waals surface area contributed by atoms with Crippen LogP contribution in [0.1, 0.15) is 34.1 Å². The molecule has 0 spiro atoms. The molecule has 0 saturated carbocycles. The van der Waals surface area contributed by atoms with Crippen molar-refractivity contribution in [2.24, 2.45) is 5.92 Å². The molecule has 1 aromatic carbocycles. The second-order valence-electron chi connectivity index (χ2n) is 6.42. The summed E-state index contributed by atoms with van der Waals surface area (Å²) in [5, 5.41) is 0. The molecule has 152 valence electrons. The van der Waals surface area contributed by atoms with E-state index in [1.165, 1.54) is 5.69 Å². The van der Waals surface area contributed by atoms with Crippen LogP contribution >= 0.6 is 0 Å². The predicted molar refractivity (Wildman–Crippen MR) is 108 cm³/mol. The van der Waals surface area contributed by atoms with Crippen LogP contribution in [0.4, 0.5) is 5.69 Å². The summed E-state index contributed by atoms with van der Waals surface area (Å²) in [6, 6.07) is 10.2. The van der Waals surface area contributed by atoms with Gasteiger partial charge in [0.2, 0.25) is 0 Å². The number of likely N-dealkylation sites (N-methyl/N-ethyl adjacent to an activating group) is 1. The quantitative estimate of drug-likeness (QED) is 0.492. The Hall–Kier alpha value is -2.08. The van der Waals surface area contributed by atoms with E-state index >= 15 is 0 Å². The van der Waals surface area contributed by atoms with Crippen LogP contribution in [0, 0.1) is 5.92 Å². The molecule has 6 heteroatoms. The normalized spacial score (nSPS) is 11.9. The van der Waals surface area contributed by atoms with Crippen LogP contribution in [0.5, 0.6) is 0 Å². The fourth-order valence-corrected chi connectivity index (χ4v) is 2.89. The Labute approximate surface area is 163 Å². The van der Waals surface area contributed by atoms with Gasteiger partial charge in [0.15, 0.2) is 0 Å². The summed E-state index contributed by atoms with van der Waals surface area (Å²) in [4.78, 5) is 28.1. The van der Waals surface area contributed by atoms with E-state index in [0.717, 1.165) is 19.6 Å². The lowest BCUT2D eigenvalue weighted by Gasteiger charge is -2.29. The molecule has 0 aromatic heterocycles. The minimum absolute atomic E-state index is 0.200. The van der Waals surface area contributed by atoms with Gasteiger partial charge in [0.05, 0.1) is 25.6 Å². The molecule has 1 aromatic rings. The highest BCUT2D eigenvalue weighted by Gasteiger charge is 2.19. The molecule has 0 fully saturated rings. The monoisotopic (exact) mass is 378 g/mol. The van der Waals surface area contributed by atoms with Crippen LogP contribution in [0.3, 0.4) is 0 Å². The van der Waals surface area contributed by atoms with Crippen LogP contribution in [0.15, 0.2) is 30.3 Å². The number of carbonyl (C=O) groups is 2. The summed E-state index contributed by atoms with van der Waals surface area (Å²) >= 11 is 0. The Balaban J connectivity index is 2.68. The van der Waals surface area contributed by atoms with Crippen molar-refractivity contribution >= 4 is 17.6 Å². The van der Waals surface area contributed by atoms with Gasteiger partial charge in [-0.25, -0.2) is 0 Å². The maximum atomic E-state index is 12.0. The van der Waals surface area contributed by atoms with Gasteiger partial charge in [-0.1, -0.05) is 25.1 Å². The zero-order chi connectivity index (χ0) is 20.1. The Kier molecular flexibility index (Phi) is 11.2. The zero-order valence-electron chi connectivity index (χ0n) is 17.1. The lowest BCUT2D eigenvalue weighted by molar-refractivity contribution is -0.148. The third kappa shape index (κ3) is 8.91. The van der Waals surface area contributed by atoms with Crippen molar-refractivity contribution in [3.63, 3.8) is 0 Å². The first kappa shape index (κ1) is 23.0. The molecule has 0 aliphatic carbocycles. The standard InChI is InChI=1S/C21H34N2O4/c1-5-23(19-11-9-8-10-12-19)16-15-22(14-13-20(24)26-6-2)17-18(4)21(25)27-7-3/h8-12,18H,5-7,13-17H2,1-4H3. The number of carbonyl (C=O) groups excluding carboxylic acids is 2. The van der Waals surface area contributed by atoms with E-state index in [-0.39, 0.29) is 17.9 Å². The Morgan fingerprint density at radius 1 is 0.963 bits per heavy atom. The van der Waals surface area contributed by atoms with Crippen LogP contribution in [0.25, 0.3) is 0 Å². The summed E-state index contributed by atoms with van der Waals surface area (Å²) in [7, 11) is 0. The van der Waals surface area contributed by atoms with E-state index in [2.05, 4.69) is 28.9 Å². The molecule has 1 atom stereocenters. The molecule has 0 radical (unpaired) electrons. The van der Waals surface area contributed by atoms with Gasteiger partial charge >= 0.3 is 11.9 Å². The van der Waals surface area contributed by atoms with Gasteiger partial charge in [-0.05, 0) is 32.9 Å². The van der Waals surface area contributed by atoms with Crippen molar-refractivity contribution in [1.82, 2.24) is 4.90 Å². The summed E-state index contributed by atoms with van der Waals surface area (Å²) in [6.07, 6.45) is 0.320. The molecule has 0 amide bonds. The van der Waals surface area contributed by atoms with E-state index in [4.69, 9.17) is 9.47 Å². The van der Waals surface area contributed by atoms with Gasteiger partial charge in [0, 0.05) is 38.4 Å². The molecular formula is C21H34N2O4. The molecule has 1 rings (SSSR count). The minimum atomic E-state index is -0.237. The van der Waals surface area contributed by atoms with E-state index in [1.807, 2.05) is 32.0 Å². The number of para-hydroxylation sites is 1. The second kappa shape index (κ2) is 13.1. The van der Waals surface area contributed by atoms with E-state index < -0.39 is 0 Å². The molecule has 6 nitrogen and oxygen atoms in total. The fourth-order valence-electron chi connectivity index (χ4n) is 2.89. The van der Waals surface area contributed by atoms with Gasteiger partial charge in [-0.2, -0.15) is 0 Å². The van der Waals surface area contributed by atoms with E-state index in [0.29, 0.717) is 32.7 Å². The average Bonchev–Trinajstić information content (AvgIpc) is 2.67. The van der Waals surface area contributed by atoms with Gasteiger partial charge in [0.25, 0.3) is 0 Å². The number of rotatable bonds is 13. The van der Waals surface area contributed by atoms with E-state index in [9.17, 15) is 9.59 Å². The Bertz CT molecular complexity index is 550. The van der Waals surface area contributed by atoms with Crippen LogP contribution in [-0.4, -0.2) is 62.8 Å². The number of esters is 2. The number of benzene rings is 1. The third-order valence-electron chi connectivity index (χ3n) is 4.35. The predicted octanol–water partition coefficient (Wildman–Crippen LogP) is 2.97. The minimum Gasteiger partial charge on any atom is -0.466 e. The van der Waals surface area contributed by atoms with Gasteiger partial charge in [-0.3, -0.25) is 9.59 Å². The number of anilines is 1. The number of nitrogens with zero attached hydrogens (tertiary/aromatic N) is 2. The van der Waals surface area contributed by atoms with Crippen molar-refractivity contribution in [2.75, 3.05) is 50.8 Å². The van der Waals surface area contributed by atoms with Gasteiger partial charge in [-0.15, -0.1) is 0 Å². The number of hydrogen-bond donors (Lipinski definition) is 0. The number of hydrogen-bond acceptors (Lipinski definition) is 6. The maximum absolute atomic E-state index is 12.0. The number of ether oxygens (including phenoxy) is 2. The summed E-state index contributed by atoms with van der Waals surface area (Å²) < 4.78 is 10.1. The topological polar surface area (TPSA) is 59.1 Å². The summed E-state index contributed by atoms with van der Waals surface area (Å²) in [5.74, 6) is -0.644. The first-order valence-corrected chi connectivity index (χ1v) is 9.86. The largest absolute Gasteiger partial charge is 0.466 e. The Morgan fingerprint density at radius 2 is 1.63 bits per heavy atom. The highest BCUT2D eigenvalue weighted by molar-refractivity contribution is 5.72. The molecule has 0 bridgehead atoms. The van der Waals surface area contributed by atoms with Crippen molar-refractivity contribution in [3.05, 3.63) is 30.3 Å². The third-order valence-corrected chi connectivity index (χ3v) is 4.35. The molecule has 0 N–H and O–H groups in total. The van der Waals surface area contributed by atoms with Gasteiger partial charge < -0.3 is 19.3 Å². The highest BCUT2D eigenvalue weighted by Crippen LogP contribution is 2.13. The average molecular weight is 379 g/mol. The SMILES string of the molecule is CCOC(=O)CCN(CCN(CC)c1ccccc1)CC(C)C(=O)OCC. The first-order valence-electron chi connectivity index (χ1n) is 9.86. The molecule has 27 heavy (non-hydrogen) atoms. The van der Waals surface area contributed by atoms with Crippen molar-refractivity contribution in [1.29, 1.82) is 0 Å². The highest BCUT2D eigenvalue weighted by atomic mass is 16.5. The van der Waals surface area contributed by atoms with Crippen LogP contribution in [-0.2, 0) is 19.1 Å². The molecule has 0 saturated heterocycles. The maximum Gasteiger partial charge on any atom is 0.309 e. The zero-order valence-corrected chi connectivity index (χ0v) is 17.1. The Morgan fingerprint density at radius 3 is 2.22 bits per heavy atom. The van der Waals surface area contributed by atoms with Crippen LogP contribution < -0.4 is 4.90 Å². The lowest BCUT2D eigenvalue weighted by Crippen LogP contribution is -2.40. The molecule has 0 aliphatic heterocycles. The smallest absolute Gasteiger partial charge is 0.309 e. The van der Waals surface area contributed by atoms with E-state index in [1.54, 1.807) is 6.92 Å². The van der Waals surface area contributed by atoms with Gasteiger partial charge in [0.1, 0.15) is 0 Å².